The smallest absolute Gasteiger partial charge is 0.218 e. The first-order chi connectivity index (χ1) is 9.22. The van der Waals surface area contributed by atoms with E-state index in [1.165, 1.54) is 29.6 Å². The van der Waals surface area contributed by atoms with E-state index in [-0.39, 0.29) is 24.2 Å². The van der Waals surface area contributed by atoms with Gasteiger partial charge in [0.1, 0.15) is 5.82 Å². The second-order valence-electron chi connectivity index (χ2n) is 5.40. The first kappa shape index (κ1) is 20.3. The van der Waals surface area contributed by atoms with Crippen molar-refractivity contribution < 1.29 is 12.8 Å². The molecule has 0 fully saturated rings. The number of halogens is 2. The molecule has 21 heavy (non-hydrogen) atoms. The van der Waals surface area contributed by atoms with Crippen LogP contribution < -0.4 is 5.73 Å². The van der Waals surface area contributed by atoms with Crippen molar-refractivity contribution in [3.63, 3.8) is 0 Å². The van der Waals surface area contributed by atoms with Crippen LogP contribution in [0.2, 0.25) is 0 Å². The SMILES string of the molecule is CC(C)C(N)CCN(C)S(=O)(=O)Cc1cccc(F)c1.Cl. The van der Waals surface area contributed by atoms with Crippen LogP contribution in [0.25, 0.3) is 0 Å². The predicted molar refractivity (Wildman–Crippen MR) is 86.3 cm³/mol. The Morgan fingerprint density at radius 2 is 1.95 bits per heavy atom. The van der Waals surface area contributed by atoms with Crippen molar-refractivity contribution in [1.29, 1.82) is 0 Å². The largest absolute Gasteiger partial charge is 0.327 e. The van der Waals surface area contributed by atoms with E-state index in [4.69, 9.17) is 5.73 Å². The van der Waals surface area contributed by atoms with E-state index in [0.717, 1.165) is 0 Å². The highest BCUT2D eigenvalue weighted by Gasteiger charge is 2.20. The van der Waals surface area contributed by atoms with Gasteiger partial charge in [-0.05, 0) is 30.0 Å². The third-order valence-corrected chi connectivity index (χ3v) is 5.18. The molecule has 0 amide bonds. The van der Waals surface area contributed by atoms with E-state index in [1.54, 1.807) is 6.07 Å². The molecule has 1 unspecified atom stereocenters. The van der Waals surface area contributed by atoms with E-state index >= 15 is 0 Å². The molecule has 0 aromatic heterocycles. The van der Waals surface area contributed by atoms with E-state index in [1.807, 2.05) is 13.8 Å². The van der Waals surface area contributed by atoms with Crippen molar-refractivity contribution in [1.82, 2.24) is 4.31 Å². The zero-order chi connectivity index (χ0) is 15.3. The fourth-order valence-electron chi connectivity index (χ4n) is 1.75. The third kappa shape index (κ3) is 6.74. The van der Waals surface area contributed by atoms with E-state index < -0.39 is 15.8 Å². The van der Waals surface area contributed by atoms with Gasteiger partial charge in [0.25, 0.3) is 0 Å². The van der Waals surface area contributed by atoms with E-state index in [2.05, 4.69) is 0 Å². The molecule has 1 atom stereocenters. The minimum atomic E-state index is -3.44. The Bertz CT molecular complexity index is 538. The van der Waals surface area contributed by atoms with Crippen molar-refractivity contribution in [3.8, 4) is 0 Å². The molecule has 0 aliphatic rings. The fourth-order valence-corrected chi connectivity index (χ4v) is 2.96. The van der Waals surface area contributed by atoms with Crippen LogP contribution in [-0.4, -0.2) is 32.4 Å². The number of rotatable bonds is 7. The number of hydrogen-bond donors (Lipinski definition) is 1. The van der Waals surface area contributed by atoms with Gasteiger partial charge in [0.15, 0.2) is 0 Å². The van der Waals surface area contributed by atoms with Gasteiger partial charge in [-0.2, -0.15) is 0 Å². The third-order valence-electron chi connectivity index (χ3n) is 3.35. The van der Waals surface area contributed by atoms with Crippen LogP contribution in [0.1, 0.15) is 25.8 Å². The molecule has 1 aromatic carbocycles. The van der Waals surface area contributed by atoms with Crippen LogP contribution in [0.3, 0.4) is 0 Å². The highest BCUT2D eigenvalue weighted by molar-refractivity contribution is 7.88. The lowest BCUT2D eigenvalue weighted by Crippen LogP contribution is -2.35. The molecule has 0 bridgehead atoms. The van der Waals surface area contributed by atoms with Crippen LogP contribution in [-0.2, 0) is 15.8 Å². The zero-order valence-electron chi connectivity index (χ0n) is 12.6. The summed E-state index contributed by atoms with van der Waals surface area (Å²) < 4.78 is 38.7. The molecule has 2 N–H and O–H groups in total. The zero-order valence-corrected chi connectivity index (χ0v) is 14.3. The molecule has 0 aliphatic heterocycles. The van der Waals surface area contributed by atoms with Gasteiger partial charge < -0.3 is 5.73 Å². The minimum Gasteiger partial charge on any atom is -0.327 e. The lowest BCUT2D eigenvalue weighted by Gasteiger charge is -2.21. The maximum absolute atomic E-state index is 13.1. The Labute approximate surface area is 133 Å². The van der Waals surface area contributed by atoms with E-state index in [0.29, 0.717) is 24.4 Å². The molecule has 1 rings (SSSR count). The summed E-state index contributed by atoms with van der Waals surface area (Å²) in [5, 5.41) is 0. The molecule has 0 saturated heterocycles. The van der Waals surface area contributed by atoms with Crippen LogP contribution in [0.4, 0.5) is 4.39 Å². The summed E-state index contributed by atoms with van der Waals surface area (Å²) in [6.45, 7) is 4.38. The van der Waals surface area contributed by atoms with Crippen LogP contribution >= 0.6 is 12.4 Å². The quantitative estimate of drug-likeness (QED) is 0.830. The Hall–Kier alpha value is -0.690. The molecular weight excluding hydrogens is 315 g/mol. The van der Waals surface area contributed by atoms with Gasteiger partial charge in [0.05, 0.1) is 5.75 Å². The standard InChI is InChI=1S/C14H23FN2O2S.ClH/c1-11(2)14(16)7-8-17(3)20(18,19)10-12-5-4-6-13(15)9-12;/h4-6,9,11,14H,7-8,10,16H2,1-3H3;1H. The lowest BCUT2D eigenvalue weighted by molar-refractivity contribution is 0.397. The molecular formula is C14H24ClFN2O2S. The van der Waals surface area contributed by atoms with Crippen LogP contribution in [0.15, 0.2) is 24.3 Å². The number of sulfonamides is 1. The first-order valence-electron chi connectivity index (χ1n) is 6.66. The Kier molecular flexibility index (Phi) is 8.39. The van der Waals surface area contributed by atoms with Crippen LogP contribution in [0, 0.1) is 11.7 Å². The number of nitrogens with two attached hydrogens (primary N) is 1. The van der Waals surface area contributed by atoms with Gasteiger partial charge in [-0.15, -0.1) is 12.4 Å². The van der Waals surface area contributed by atoms with Crippen molar-refractivity contribution in [2.45, 2.75) is 32.1 Å². The molecule has 7 heteroatoms. The summed E-state index contributed by atoms with van der Waals surface area (Å²) >= 11 is 0. The Morgan fingerprint density at radius 3 is 2.48 bits per heavy atom. The highest BCUT2D eigenvalue weighted by Crippen LogP contribution is 2.12. The maximum Gasteiger partial charge on any atom is 0.218 e. The summed E-state index contributed by atoms with van der Waals surface area (Å²) in [5.41, 5.74) is 6.36. The molecule has 122 valence electrons. The molecule has 0 spiro atoms. The molecule has 0 saturated carbocycles. The first-order valence-corrected chi connectivity index (χ1v) is 8.27. The van der Waals surface area contributed by atoms with Crippen molar-refractivity contribution in [3.05, 3.63) is 35.6 Å². The molecule has 1 aromatic rings. The molecule has 0 heterocycles. The maximum atomic E-state index is 13.1. The minimum absolute atomic E-state index is 0. The topological polar surface area (TPSA) is 63.4 Å². The number of benzene rings is 1. The molecule has 0 aliphatic carbocycles. The van der Waals surface area contributed by atoms with Crippen LogP contribution in [0.5, 0.6) is 0 Å². The lowest BCUT2D eigenvalue weighted by atomic mass is 10.0. The average molecular weight is 339 g/mol. The summed E-state index contributed by atoms with van der Waals surface area (Å²) in [6.07, 6.45) is 0.608. The fraction of sp³-hybridized carbons (Fsp3) is 0.571. The average Bonchev–Trinajstić information content (AvgIpc) is 2.34. The Balaban J connectivity index is 0.00000400. The summed E-state index contributed by atoms with van der Waals surface area (Å²) in [7, 11) is -1.91. The van der Waals surface area contributed by atoms with Gasteiger partial charge >= 0.3 is 0 Å². The van der Waals surface area contributed by atoms with E-state index in [9.17, 15) is 12.8 Å². The van der Waals surface area contributed by atoms with Gasteiger partial charge in [-0.1, -0.05) is 26.0 Å². The van der Waals surface area contributed by atoms with Gasteiger partial charge in [-0.3, -0.25) is 0 Å². The molecule has 0 radical (unpaired) electrons. The monoisotopic (exact) mass is 338 g/mol. The molecule has 4 nitrogen and oxygen atoms in total. The van der Waals surface area contributed by atoms with Crippen molar-refractivity contribution >= 4 is 22.4 Å². The van der Waals surface area contributed by atoms with Crippen molar-refractivity contribution in [2.75, 3.05) is 13.6 Å². The summed E-state index contributed by atoms with van der Waals surface area (Å²) in [5.74, 6) is -0.311. The predicted octanol–water partition coefficient (Wildman–Crippen LogP) is 2.38. The summed E-state index contributed by atoms with van der Waals surface area (Å²) in [4.78, 5) is 0. The van der Waals surface area contributed by atoms with Crippen molar-refractivity contribution in [2.24, 2.45) is 11.7 Å². The van der Waals surface area contributed by atoms with Gasteiger partial charge in [-0.25, -0.2) is 17.1 Å². The Morgan fingerprint density at radius 1 is 1.33 bits per heavy atom. The normalized spacial score (nSPS) is 13.3. The highest BCUT2D eigenvalue weighted by atomic mass is 35.5. The number of nitrogens with zero attached hydrogens (tertiary/aromatic N) is 1. The second-order valence-corrected chi connectivity index (χ2v) is 7.48. The van der Waals surface area contributed by atoms with Gasteiger partial charge in [0.2, 0.25) is 10.0 Å². The second kappa shape index (κ2) is 8.68. The van der Waals surface area contributed by atoms with Gasteiger partial charge in [0, 0.05) is 19.6 Å². The number of hydrogen-bond acceptors (Lipinski definition) is 3. The summed E-state index contributed by atoms with van der Waals surface area (Å²) in [6, 6.07) is 5.62.